The van der Waals surface area contributed by atoms with Crippen LogP contribution in [-0.4, -0.2) is 45.4 Å². The number of likely N-dealkylation sites (tertiary alicyclic amines) is 1. The molecule has 0 bridgehead atoms. The lowest BCUT2D eigenvalue weighted by atomic mass is 10.0. The third-order valence-electron chi connectivity index (χ3n) is 5.71. The number of aromatic nitrogens is 2. The van der Waals surface area contributed by atoms with Crippen molar-refractivity contribution in [3.05, 3.63) is 77.6 Å². The highest BCUT2D eigenvalue weighted by Crippen LogP contribution is 2.33. The summed E-state index contributed by atoms with van der Waals surface area (Å²) in [4.78, 5) is 36.9. The molecule has 7 nitrogen and oxygen atoms in total. The van der Waals surface area contributed by atoms with Gasteiger partial charge in [-0.1, -0.05) is 41.9 Å². The van der Waals surface area contributed by atoms with Gasteiger partial charge in [0.25, 0.3) is 5.91 Å². The van der Waals surface area contributed by atoms with E-state index in [1.54, 1.807) is 43.1 Å². The Morgan fingerprint density at radius 1 is 1.15 bits per heavy atom. The number of ether oxygens (including phenoxy) is 1. The second kappa shape index (κ2) is 10.2. The van der Waals surface area contributed by atoms with Gasteiger partial charge in [-0.2, -0.15) is 0 Å². The molecule has 0 spiro atoms. The van der Waals surface area contributed by atoms with E-state index in [1.807, 2.05) is 42.5 Å². The van der Waals surface area contributed by atoms with Crippen LogP contribution in [0.3, 0.4) is 0 Å². The predicted octanol–water partition coefficient (Wildman–Crippen LogP) is 4.43. The summed E-state index contributed by atoms with van der Waals surface area (Å²) in [5.74, 6) is 0.639. The number of rotatable bonds is 7. The van der Waals surface area contributed by atoms with Gasteiger partial charge in [-0.15, -0.1) is 0 Å². The largest absolute Gasteiger partial charge is 0.484 e. The van der Waals surface area contributed by atoms with Gasteiger partial charge in [-0.25, -0.2) is 9.97 Å². The second-order valence-electron chi connectivity index (χ2n) is 8.75. The first-order valence-electron chi connectivity index (χ1n) is 11.2. The Balaban J connectivity index is 1.45. The van der Waals surface area contributed by atoms with E-state index in [4.69, 9.17) is 21.3 Å². The summed E-state index contributed by atoms with van der Waals surface area (Å²) in [6, 6.07) is 18.1. The van der Waals surface area contributed by atoms with Crippen LogP contribution in [0.5, 0.6) is 5.75 Å². The fourth-order valence-corrected chi connectivity index (χ4v) is 4.30. The number of hydrogen-bond donors (Lipinski definition) is 1. The zero-order chi connectivity index (χ0) is 24.1. The molecule has 0 aliphatic carbocycles. The summed E-state index contributed by atoms with van der Waals surface area (Å²) in [6.07, 6.45) is 3.35. The molecule has 1 aliphatic rings. The maximum atomic E-state index is 13.5. The number of nitrogens with one attached hydrogen (secondary N) is 1. The summed E-state index contributed by atoms with van der Waals surface area (Å²) in [6.45, 7) is 3.85. The Morgan fingerprint density at radius 3 is 2.71 bits per heavy atom. The highest BCUT2D eigenvalue weighted by molar-refractivity contribution is 6.30. The molecular weight excluding hydrogens is 452 g/mol. The van der Waals surface area contributed by atoms with E-state index in [1.165, 1.54) is 0 Å². The van der Waals surface area contributed by atoms with Crippen molar-refractivity contribution >= 4 is 23.4 Å². The smallest absolute Gasteiger partial charge is 0.258 e. The van der Waals surface area contributed by atoms with Gasteiger partial charge in [-0.3, -0.25) is 9.59 Å². The minimum Gasteiger partial charge on any atom is -0.484 e. The number of halogens is 1. The van der Waals surface area contributed by atoms with Crippen LogP contribution < -0.4 is 10.1 Å². The third-order valence-corrected chi connectivity index (χ3v) is 5.95. The van der Waals surface area contributed by atoms with Gasteiger partial charge in [0.2, 0.25) is 5.91 Å². The molecule has 0 saturated carbocycles. The van der Waals surface area contributed by atoms with E-state index < -0.39 is 5.54 Å². The Kier molecular flexibility index (Phi) is 7.12. The van der Waals surface area contributed by atoms with Crippen molar-refractivity contribution in [2.24, 2.45) is 0 Å². The lowest BCUT2D eigenvalue weighted by Crippen LogP contribution is -2.56. The van der Waals surface area contributed by atoms with Crippen LogP contribution in [0.2, 0.25) is 5.02 Å². The zero-order valence-corrected chi connectivity index (χ0v) is 20.0. The van der Waals surface area contributed by atoms with Gasteiger partial charge in [0, 0.05) is 23.3 Å². The molecule has 1 fully saturated rings. The zero-order valence-electron chi connectivity index (χ0n) is 19.2. The molecule has 2 heterocycles. The maximum Gasteiger partial charge on any atom is 0.258 e. The highest BCUT2D eigenvalue weighted by atomic mass is 35.5. The van der Waals surface area contributed by atoms with E-state index in [-0.39, 0.29) is 24.5 Å². The number of carbonyl (C=O) groups excluding carboxylic acids is 2. The van der Waals surface area contributed by atoms with Gasteiger partial charge >= 0.3 is 0 Å². The van der Waals surface area contributed by atoms with E-state index in [0.717, 1.165) is 24.1 Å². The fraction of sp³-hybridized carbons (Fsp3) is 0.308. The molecule has 1 aromatic heterocycles. The lowest BCUT2D eigenvalue weighted by molar-refractivity contribution is -0.141. The summed E-state index contributed by atoms with van der Waals surface area (Å²) in [7, 11) is 0. The highest BCUT2D eigenvalue weighted by Gasteiger charge is 2.40. The number of nitrogens with zero attached hydrogens (tertiary/aromatic N) is 3. The molecule has 1 saturated heterocycles. The van der Waals surface area contributed by atoms with Crippen molar-refractivity contribution in [2.45, 2.75) is 38.3 Å². The first kappa shape index (κ1) is 23.7. The van der Waals surface area contributed by atoms with Crippen LogP contribution in [-0.2, 0) is 9.59 Å². The monoisotopic (exact) mass is 478 g/mol. The number of carbonyl (C=O) groups is 2. The molecule has 0 radical (unpaired) electrons. The quantitative estimate of drug-likeness (QED) is 0.543. The summed E-state index contributed by atoms with van der Waals surface area (Å²) >= 11 is 6.12. The number of para-hydroxylation sites is 1. The number of amides is 2. The van der Waals surface area contributed by atoms with Gasteiger partial charge < -0.3 is 15.0 Å². The normalized spacial score (nSPS) is 15.7. The van der Waals surface area contributed by atoms with Crippen LogP contribution in [0.1, 0.15) is 38.4 Å². The predicted molar refractivity (Wildman–Crippen MR) is 130 cm³/mol. The van der Waals surface area contributed by atoms with Crippen LogP contribution in [0, 0.1) is 0 Å². The van der Waals surface area contributed by atoms with Crippen molar-refractivity contribution in [3.8, 4) is 17.1 Å². The second-order valence-corrected chi connectivity index (χ2v) is 9.18. The molecule has 0 unspecified atom stereocenters. The minimum atomic E-state index is -1.09. The molecule has 4 rings (SSSR count). The standard InChI is InChI=1S/C26H27ClN4O3/c1-26(2,30-23(32)17-34-20-10-4-3-5-11-20)25(33)31-15-7-12-22(31)21-13-14-28-24(29-21)18-8-6-9-19(27)16-18/h3-6,8-11,13-14,16,22H,7,12,15,17H2,1-2H3,(H,30,32)/t22-/m1/s1. The van der Waals surface area contributed by atoms with E-state index >= 15 is 0 Å². The Morgan fingerprint density at radius 2 is 1.94 bits per heavy atom. The maximum absolute atomic E-state index is 13.5. The van der Waals surface area contributed by atoms with Crippen molar-refractivity contribution < 1.29 is 14.3 Å². The average molecular weight is 479 g/mol. The van der Waals surface area contributed by atoms with E-state index in [2.05, 4.69) is 10.3 Å². The van der Waals surface area contributed by atoms with Crippen LogP contribution in [0.4, 0.5) is 0 Å². The first-order valence-corrected chi connectivity index (χ1v) is 11.6. The Bertz CT molecular complexity index is 1170. The first-order chi connectivity index (χ1) is 16.3. The molecule has 176 valence electrons. The molecule has 2 aromatic carbocycles. The van der Waals surface area contributed by atoms with Crippen LogP contribution in [0.15, 0.2) is 66.9 Å². The molecule has 8 heteroatoms. The minimum absolute atomic E-state index is 0.161. The average Bonchev–Trinajstić information content (AvgIpc) is 3.32. The van der Waals surface area contributed by atoms with Crippen molar-refractivity contribution in [1.82, 2.24) is 20.2 Å². The van der Waals surface area contributed by atoms with E-state index in [0.29, 0.717) is 23.1 Å². The third kappa shape index (κ3) is 5.54. The topological polar surface area (TPSA) is 84.4 Å². The Hall–Kier alpha value is -3.45. The molecule has 34 heavy (non-hydrogen) atoms. The molecule has 1 atom stereocenters. The summed E-state index contributed by atoms with van der Waals surface area (Å²) < 4.78 is 5.51. The summed E-state index contributed by atoms with van der Waals surface area (Å²) in [5.41, 5.74) is 0.490. The van der Waals surface area contributed by atoms with Crippen molar-refractivity contribution in [1.29, 1.82) is 0 Å². The number of hydrogen-bond acceptors (Lipinski definition) is 5. The molecule has 2 amide bonds. The molecule has 1 aliphatic heterocycles. The van der Waals surface area contributed by atoms with E-state index in [9.17, 15) is 9.59 Å². The van der Waals surface area contributed by atoms with Gasteiger partial charge in [0.1, 0.15) is 11.3 Å². The molecular formula is C26H27ClN4O3. The Labute approximate surface area is 204 Å². The van der Waals surface area contributed by atoms with Crippen molar-refractivity contribution in [2.75, 3.05) is 13.2 Å². The fourth-order valence-electron chi connectivity index (χ4n) is 4.10. The number of benzene rings is 2. The summed E-state index contributed by atoms with van der Waals surface area (Å²) in [5, 5.41) is 3.43. The van der Waals surface area contributed by atoms with Gasteiger partial charge in [0.15, 0.2) is 12.4 Å². The van der Waals surface area contributed by atoms with Gasteiger partial charge in [-0.05, 0) is 57.0 Å². The molecule has 1 N–H and O–H groups in total. The SMILES string of the molecule is CC(C)(NC(=O)COc1ccccc1)C(=O)N1CCC[C@@H]1c1ccnc(-c2cccc(Cl)c2)n1. The van der Waals surface area contributed by atoms with Crippen molar-refractivity contribution in [3.63, 3.8) is 0 Å². The van der Waals surface area contributed by atoms with Crippen LogP contribution >= 0.6 is 11.6 Å². The lowest BCUT2D eigenvalue weighted by Gasteiger charge is -2.33. The van der Waals surface area contributed by atoms with Crippen LogP contribution in [0.25, 0.3) is 11.4 Å². The molecule has 3 aromatic rings. The van der Waals surface area contributed by atoms with Gasteiger partial charge in [0.05, 0.1) is 11.7 Å².